The van der Waals surface area contributed by atoms with E-state index in [2.05, 4.69) is 17.2 Å². The number of hydrogen-bond donors (Lipinski definition) is 2. The van der Waals surface area contributed by atoms with Gasteiger partial charge in [-0.25, -0.2) is 4.79 Å². The molecule has 0 aliphatic heterocycles. The fourth-order valence-corrected chi connectivity index (χ4v) is 1.54. The number of amides is 2. The molecule has 0 atom stereocenters. The van der Waals surface area contributed by atoms with Crippen molar-refractivity contribution in [2.24, 2.45) is 0 Å². The van der Waals surface area contributed by atoms with Crippen LogP contribution in [0.3, 0.4) is 0 Å². The molecule has 8 heteroatoms. The van der Waals surface area contributed by atoms with E-state index in [-0.39, 0.29) is 25.1 Å². The Morgan fingerprint density at radius 1 is 1.35 bits per heavy atom. The van der Waals surface area contributed by atoms with Crippen molar-refractivity contribution in [3.63, 3.8) is 0 Å². The molecule has 0 radical (unpaired) electrons. The average molecular weight is 328 g/mol. The summed E-state index contributed by atoms with van der Waals surface area (Å²) in [5.41, 5.74) is -0.602. The molecule has 5 nitrogen and oxygen atoms in total. The van der Waals surface area contributed by atoms with Gasteiger partial charge in [0.25, 0.3) is 0 Å². The number of alkyl halides is 3. The van der Waals surface area contributed by atoms with Gasteiger partial charge in [0, 0.05) is 19.2 Å². The smallest absolute Gasteiger partial charge is 0.416 e. The Hall–Kier alpha value is -2.69. The summed E-state index contributed by atoms with van der Waals surface area (Å²) in [5, 5.41) is 10.9. The fourth-order valence-electron chi connectivity index (χ4n) is 1.54. The van der Waals surface area contributed by atoms with Crippen LogP contribution in [0, 0.1) is 11.8 Å². The van der Waals surface area contributed by atoms with Crippen LogP contribution < -0.4 is 5.32 Å². The number of nitrogens with zero attached hydrogens (tertiary/aromatic N) is 1. The van der Waals surface area contributed by atoms with Crippen LogP contribution in [-0.2, 0) is 11.0 Å². The summed E-state index contributed by atoms with van der Waals surface area (Å²) in [6.45, 7) is -0.0191. The van der Waals surface area contributed by atoms with Crippen LogP contribution in [0.15, 0.2) is 24.3 Å². The van der Waals surface area contributed by atoms with E-state index in [1.165, 1.54) is 24.1 Å². The summed E-state index contributed by atoms with van der Waals surface area (Å²) in [6.07, 6.45) is -4.61. The summed E-state index contributed by atoms with van der Waals surface area (Å²) in [6, 6.07) is 4.05. The van der Waals surface area contributed by atoms with E-state index in [1.807, 2.05) is 0 Å². The van der Waals surface area contributed by atoms with Gasteiger partial charge in [-0.15, -0.1) is 0 Å². The van der Waals surface area contributed by atoms with Crippen molar-refractivity contribution in [1.29, 1.82) is 0 Å². The fraction of sp³-hybridized carbons (Fsp3) is 0.333. The highest BCUT2D eigenvalue weighted by Crippen LogP contribution is 2.29. The molecule has 0 bridgehead atoms. The van der Waals surface area contributed by atoms with Crippen LogP contribution in [-0.4, -0.2) is 42.1 Å². The highest BCUT2D eigenvalue weighted by Gasteiger charge is 2.30. The molecular weight excluding hydrogens is 313 g/mol. The molecule has 0 aliphatic carbocycles. The predicted octanol–water partition coefficient (Wildman–Crippen LogP) is 2.17. The third-order valence-electron chi connectivity index (χ3n) is 2.76. The van der Waals surface area contributed by atoms with E-state index in [9.17, 15) is 22.8 Å². The second kappa shape index (κ2) is 8.08. The van der Waals surface area contributed by atoms with Crippen molar-refractivity contribution in [1.82, 2.24) is 10.2 Å². The van der Waals surface area contributed by atoms with Crippen LogP contribution in [0.2, 0.25) is 0 Å². The van der Waals surface area contributed by atoms with E-state index in [4.69, 9.17) is 5.11 Å². The molecule has 0 spiro atoms. The minimum Gasteiger partial charge on any atom is -0.481 e. The summed E-state index contributed by atoms with van der Waals surface area (Å²) in [7, 11) is 1.43. The van der Waals surface area contributed by atoms with Gasteiger partial charge >= 0.3 is 18.2 Å². The van der Waals surface area contributed by atoms with Gasteiger partial charge in [0.2, 0.25) is 0 Å². The number of rotatable bonds is 4. The van der Waals surface area contributed by atoms with E-state index >= 15 is 0 Å². The number of urea groups is 1. The van der Waals surface area contributed by atoms with Gasteiger partial charge in [-0.3, -0.25) is 4.79 Å². The quantitative estimate of drug-likeness (QED) is 0.832. The van der Waals surface area contributed by atoms with Gasteiger partial charge in [-0.1, -0.05) is 17.9 Å². The van der Waals surface area contributed by atoms with E-state index < -0.39 is 23.7 Å². The molecule has 0 unspecified atom stereocenters. The van der Waals surface area contributed by atoms with E-state index in [1.54, 1.807) is 0 Å². The summed E-state index contributed by atoms with van der Waals surface area (Å²) in [5.74, 6) is 4.04. The molecule has 0 fully saturated rings. The zero-order valence-electron chi connectivity index (χ0n) is 12.3. The zero-order chi connectivity index (χ0) is 17.5. The first kappa shape index (κ1) is 18.4. The number of halogens is 3. The highest BCUT2D eigenvalue weighted by molar-refractivity contribution is 5.75. The van der Waals surface area contributed by atoms with Gasteiger partial charge < -0.3 is 15.3 Å². The van der Waals surface area contributed by atoms with E-state index in [0.717, 1.165) is 12.1 Å². The number of carboxylic acids is 1. The minimum absolute atomic E-state index is 0.0439. The summed E-state index contributed by atoms with van der Waals surface area (Å²) in [4.78, 5) is 23.1. The number of hydrogen-bond acceptors (Lipinski definition) is 2. The molecule has 1 aromatic carbocycles. The Balaban J connectivity index is 2.52. The van der Waals surface area contributed by atoms with Gasteiger partial charge in [0.1, 0.15) is 0 Å². The second-order valence-electron chi connectivity index (χ2n) is 4.60. The van der Waals surface area contributed by atoms with Crippen molar-refractivity contribution < 1.29 is 27.9 Å². The van der Waals surface area contributed by atoms with Crippen molar-refractivity contribution in [3.8, 4) is 11.8 Å². The molecule has 0 heterocycles. The maximum absolute atomic E-state index is 12.5. The number of benzene rings is 1. The molecule has 0 aliphatic rings. The second-order valence-corrected chi connectivity index (χ2v) is 4.60. The lowest BCUT2D eigenvalue weighted by atomic mass is 10.1. The first-order valence-corrected chi connectivity index (χ1v) is 6.57. The van der Waals surface area contributed by atoms with Crippen molar-refractivity contribution in [2.75, 3.05) is 20.1 Å². The topological polar surface area (TPSA) is 69.6 Å². The van der Waals surface area contributed by atoms with Crippen molar-refractivity contribution in [3.05, 3.63) is 35.4 Å². The largest absolute Gasteiger partial charge is 0.481 e. The average Bonchev–Trinajstić information content (AvgIpc) is 2.48. The van der Waals surface area contributed by atoms with Crippen LogP contribution in [0.5, 0.6) is 0 Å². The van der Waals surface area contributed by atoms with Crippen LogP contribution >= 0.6 is 0 Å². The Kier molecular flexibility index (Phi) is 6.45. The Morgan fingerprint density at radius 2 is 2.04 bits per heavy atom. The molecular formula is C15H15F3N2O3. The molecule has 2 amide bonds. The van der Waals surface area contributed by atoms with E-state index in [0.29, 0.717) is 0 Å². The van der Waals surface area contributed by atoms with Crippen LogP contribution in [0.4, 0.5) is 18.0 Å². The molecule has 1 rings (SSSR count). The Labute approximate surface area is 131 Å². The molecule has 1 aromatic rings. The maximum atomic E-state index is 12.5. The minimum atomic E-state index is -4.43. The number of nitrogens with one attached hydrogen (secondary N) is 1. The summed E-state index contributed by atoms with van der Waals surface area (Å²) < 4.78 is 37.6. The molecule has 2 N–H and O–H groups in total. The van der Waals surface area contributed by atoms with Crippen molar-refractivity contribution in [2.45, 2.75) is 12.6 Å². The first-order valence-electron chi connectivity index (χ1n) is 6.57. The third-order valence-corrected chi connectivity index (χ3v) is 2.76. The van der Waals surface area contributed by atoms with Gasteiger partial charge in [-0.2, -0.15) is 13.2 Å². The van der Waals surface area contributed by atoms with Gasteiger partial charge in [-0.05, 0) is 18.2 Å². The molecule has 0 saturated heterocycles. The number of carboxylic acid groups (broad SMARTS) is 1. The first-order chi connectivity index (χ1) is 10.7. The number of carbonyl (C=O) groups is 2. The Morgan fingerprint density at radius 3 is 2.65 bits per heavy atom. The molecule has 0 aromatic heterocycles. The normalized spacial score (nSPS) is 10.4. The van der Waals surface area contributed by atoms with Gasteiger partial charge in [0.15, 0.2) is 0 Å². The Bertz CT molecular complexity index is 633. The standard InChI is InChI=1S/C15H15F3N2O3/c1-20(9-7-13(21)22)14(23)19-8-3-5-11-4-2-6-12(10-11)15(16,17)18/h2,4,6,10H,7-9H2,1H3,(H,19,23)(H,21,22). The molecule has 0 saturated carbocycles. The predicted molar refractivity (Wildman–Crippen MR) is 76.6 cm³/mol. The SMILES string of the molecule is CN(CCC(=O)O)C(=O)NCC#Cc1cccc(C(F)(F)F)c1. The van der Waals surface area contributed by atoms with Crippen LogP contribution in [0.1, 0.15) is 17.5 Å². The lowest BCUT2D eigenvalue weighted by Gasteiger charge is -2.15. The summed E-state index contributed by atoms with van der Waals surface area (Å²) >= 11 is 0. The highest BCUT2D eigenvalue weighted by atomic mass is 19.4. The van der Waals surface area contributed by atoms with Crippen LogP contribution in [0.25, 0.3) is 0 Å². The number of aliphatic carboxylic acids is 1. The lowest BCUT2D eigenvalue weighted by molar-refractivity contribution is -0.138. The van der Waals surface area contributed by atoms with Crippen molar-refractivity contribution >= 4 is 12.0 Å². The number of carbonyl (C=O) groups excluding carboxylic acids is 1. The maximum Gasteiger partial charge on any atom is 0.416 e. The third kappa shape index (κ3) is 6.74. The zero-order valence-corrected chi connectivity index (χ0v) is 12.3. The monoisotopic (exact) mass is 328 g/mol. The van der Waals surface area contributed by atoms with Gasteiger partial charge in [0.05, 0.1) is 18.5 Å². The lowest BCUT2D eigenvalue weighted by Crippen LogP contribution is -2.38. The molecule has 23 heavy (non-hydrogen) atoms. The molecule has 124 valence electrons.